The first-order chi connectivity index (χ1) is 18.0. The van der Waals surface area contributed by atoms with Gasteiger partial charge < -0.3 is 10.6 Å². The van der Waals surface area contributed by atoms with E-state index >= 15 is 0 Å². The molecule has 0 unspecified atom stereocenters. The second kappa shape index (κ2) is 11.3. The molecule has 2 N–H and O–H groups in total. The van der Waals surface area contributed by atoms with Gasteiger partial charge in [0.25, 0.3) is 0 Å². The van der Waals surface area contributed by atoms with Crippen molar-refractivity contribution in [1.29, 1.82) is 0 Å². The lowest BCUT2D eigenvalue weighted by Gasteiger charge is -2.33. The number of piperidine rings is 1. The van der Waals surface area contributed by atoms with Gasteiger partial charge in [-0.3, -0.25) is 14.5 Å². The fourth-order valence-electron chi connectivity index (χ4n) is 5.94. The Labute approximate surface area is 220 Å². The molecule has 1 saturated carbocycles. The molecule has 2 amide bonds. The van der Waals surface area contributed by atoms with E-state index in [-0.39, 0.29) is 29.1 Å². The highest BCUT2D eigenvalue weighted by Crippen LogP contribution is 2.59. The van der Waals surface area contributed by atoms with Crippen LogP contribution in [0.3, 0.4) is 0 Å². The van der Waals surface area contributed by atoms with Crippen LogP contribution in [-0.4, -0.2) is 36.3 Å². The van der Waals surface area contributed by atoms with Crippen molar-refractivity contribution in [3.8, 4) is 0 Å². The minimum absolute atomic E-state index is 0.0516. The number of likely N-dealkylation sites (tertiary alicyclic amines) is 1. The van der Waals surface area contributed by atoms with Gasteiger partial charge in [-0.25, -0.2) is 0 Å². The van der Waals surface area contributed by atoms with E-state index in [0.29, 0.717) is 6.54 Å². The molecule has 1 aliphatic heterocycles. The fraction of sp³-hybridized carbons (Fsp3) is 0.375. The maximum Gasteiger partial charge on any atom is 0.223 e. The highest BCUT2D eigenvalue weighted by atomic mass is 16.2. The summed E-state index contributed by atoms with van der Waals surface area (Å²) in [6.45, 7) is 5.19. The van der Waals surface area contributed by atoms with E-state index in [0.717, 1.165) is 51.0 Å². The van der Waals surface area contributed by atoms with Crippen LogP contribution >= 0.6 is 0 Å². The van der Waals surface area contributed by atoms with E-state index in [1.807, 2.05) is 12.1 Å². The van der Waals surface area contributed by atoms with E-state index in [9.17, 15) is 9.59 Å². The topological polar surface area (TPSA) is 61.4 Å². The van der Waals surface area contributed by atoms with Gasteiger partial charge in [-0.15, -0.1) is 0 Å². The van der Waals surface area contributed by atoms with Crippen molar-refractivity contribution in [2.24, 2.45) is 11.3 Å². The monoisotopic (exact) mass is 495 g/mol. The number of nitrogens with one attached hydrogen (secondary N) is 2. The predicted molar refractivity (Wildman–Crippen MR) is 148 cm³/mol. The molecule has 5 heteroatoms. The van der Waals surface area contributed by atoms with Crippen molar-refractivity contribution in [3.63, 3.8) is 0 Å². The average molecular weight is 496 g/mol. The summed E-state index contributed by atoms with van der Waals surface area (Å²) in [4.78, 5) is 26.8. The van der Waals surface area contributed by atoms with Crippen LogP contribution in [0, 0.1) is 11.3 Å². The smallest absolute Gasteiger partial charge is 0.223 e. The van der Waals surface area contributed by atoms with Gasteiger partial charge in [0.15, 0.2) is 0 Å². The Balaban J connectivity index is 1.08. The van der Waals surface area contributed by atoms with Crippen LogP contribution in [0.15, 0.2) is 84.9 Å². The molecule has 192 valence electrons. The summed E-state index contributed by atoms with van der Waals surface area (Å²) in [5.74, 6) is 0.635. The third-order valence-electron chi connectivity index (χ3n) is 8.17. The molecular formula is C32H37N3O2. The van der Waals surface area contributed by atoms with Gasteiger partial charge in [0.05, 0.1) is 0 Å². The fourth-order valence-corrected chi connectivity index (χ4v) is 5.94. The van der Waals surface area contributed by atoms with Crippen LogP contribution in [0.5, 0.6) is 0 Å². The van der Waals surface area contributed by atoms with E-state index < -0.39 is 0 Å². The number of anilines is 1. The van der Waals surface area contributed by atoms with E-state index in [4.69, 9.17) is 0 Å². The molecule has 1 aliphatic carbocycles. The number of hydrogen-bond acceptors (Lipinski definition) is 3. The van der Waals surface area contributed by atoms with E-state index in [2.05, 4.69) is 88.3 Å². The number of rotatable bonds is 9. The Morgan fingerprint density at radius 1 is 0.892 bits per heavy atom. The zero-order chi connectivity index (χ0) is 25.7. The molecule has 1 heterocycles. The first kappa shape index (κ1) is 25.2. The molecular weight excluding hydrogens is 458 g/mol. The second-order valence-electron chi connectivity index (χ2n) is 10.7. The van der Waals surface area contributed by atoms with Crippen molar-refractivity contribution in [1.82, 2.24) is 10.2 Å². The molecule has 2 fully saturated rings. The summed E-state index contributed by atoms with van der Waals surface area (Å²) in [5, 5.41) is 6.09. The number of hydrogen-bond donors (Lipinski definition) is 2. The molecule has 0 aromatic heterocycles. The van der Waals surface area contributed by atoms with E-state index in [1.165, 1.54) is 23.6 Å². The summed E-state index contributed by atoms with van der Waals surface area (Å²) in [7, 11) is 0. The summed E-state index contributed by atoms with van der Waals surface area (Å²) in [6, 6.07) is 29.3. The lowest BCUT2D eigenvalue weighted by atomic mass is 9.88. The third kappa shape index (κ3) is 6.28. The minimum Gasteiger partial charge on any atom is -0.356 e. The highest BCUT2D eigenvalue weighted by molar-refractivity contribution is 5.88. The zero-order valence-electron chi connectivity index (χ0n) is 21.7. The van der Waals surface area contributed by atoms with Gasteiger partial charge in [0.2, 0.25) is 11.8 Å². The Morgan fingerprint density at radius 3 is 2.05 bits per heavy atom. The normalized spacial score (nSPS) is 18.5. The molecule has 5 nitrogen and oxygen atoms in total. The number of nitrogens with zero attached hydrogens (tertiary/aromatic N) is 1. The lowest BCUT2D eigenvalue weighted by Crippen LogP contribution is -2.37. The minimum atomic E-state index is -0.0516. The summed E-state index contributed by atoms with van der Waals surface area (Å²) in [6.07, 6.45) is 4.10. The van der Waals surface area contributed by atoms with Crippen LogP contribution in [0.2, 0.25) is 0 Å². The first-order valence-corrected chi connectivity index (χ1v) is 13.5. The van der Waals surface area contributed by atoms with Crippen molar-refractivity contribution in [2.45, 2.75) is 45.1 Å². The molecule has 2 aliphatic rings. The largest absolute Gasteiger partial charge is 0.356 e. The van der Waals surface area contributed by atoms with Crippen molar-refractivity contribution >= 4 is 17.5 Å². The molecule has 1 spiro atoms. The van der Waals surface area contributed by atoms with Crippen LogP contribution < -0.4 is 10.6 Å². The van der Waals surface area contributed by atoms with E-state index in [1.54, 1.807) is 0 Å². The zero-order valence-corrected chi connectivity index (χ0v) is 21.7. The first-order valence-electron chi connectivity index (χ1n) is 13.5. The van der Waals surface area contributed by atoms with Gasteiger partial charge in [-0.2, -0.15) is 0 Å². The molecule has 37 heavy (non-hydrogen) atoms. The summed E-state index contributed by atoms with van der Waals surface area (Å²) < 4.78 is 0. The van der Waals surface area contributed by atoms with Crippen LogP contribution in [0.25, 0.3) is 0 Å². The molecule has 5 rings (SSSR count). The Kier molecular flexibility index (Phi) is 7.71. The number of amides is 2. The Morgan fingerprint density at radius 2 is 1.49 bits per heavy atom. The lowest BCUT2D eigenvalue weighted by molar-refractivity contribution is -0.123. The maximum absolute atomic E-state index is 13.1. The Bertz CT molecular complexity index is 1150. The van der Waals surface area contributed by atoms with Crippen LogP contribution in [0.1, 0.15) is 55.2 Å². The number of carbonyl (C=O) groups excluding carboxylic acids is 2. The van der Waals surface area contributed by atoms with Gasteiger partial charge in [0, 0.05) is 37.5 Å². The molecule has 0 radical (unpaired) electrons. The second-order valence-corrected chi connectivity index (χ2v) is 10.7. The number of benzene rings is 3. The third-order valence-corrected chi connectivity index (χ3v) is 8.17. The van der Waals surface area contributed by atoms with Gasteiger partial charge in [0.1, 0.15) is 0 Å². The van der Waals surface area contributed by atoms with Crippen molar-refractivity contribution < 1.29 is 9.59 Å². The molecule has 1 atom stereocenters. The standard InChI is InChI=1S/C32H37N3O2/c1-24(36)34-28-14-12-25(13-15-28)23-35-20-17-32(18-21-35)22-30(32)31(37)33-19-16-29(26-8-4-2-5-9-26)27-10-6-3-7-11-27/h2-15,29-30H,16-23H2,1H3,(H,33,37)(H,34,36)/t30-/m1/s1. The van der Waals surface area contributed by atoms with Crippen LogP contribution in [0.4, 0.5) is 5.69 Å². The van der Waals surface area contributed by atoms with Crippen LogP contribution in [-0.2, 0) is 16.1 Å². The molecule has 3 aromatic carbocycles. The average Bonchev–Trinajstić information content (AvgIpc) is 3.63. The molecule has 1 saturated heterocycles. The van der Waals surface area contributed by atoms with Gasteiger partial charge in [-0.05, 0) is 73.0 Å². The highest BCUT2D eigenvalue weighted by Gasteiger charge is 2.58. The van der Waals surface area contributed by atoms with Crippen molar-refractivity contribution in [2.75, 3.05) is 25.0 Å². The van der Waals surface area contributed by atoms with Gasteiger partial charge >= 0.3 is 0 Å². The maximum atomic E-state index is 13.1. The quantitative estimate of drug-likeness (QED) is 0.407. The SMILES string of the molecule is CC(=O)Nc1ccc(CN2CCC3(CC2)C[C@@H]3C(=O)NCCC(c2ccccc2)c2ccccc2)cc1. The Hall–Kier alpha value is -3.44. The molecule has 3 aromatic rings. The summed E-state index contributed by atoms with van der Waals surface area (Å²) >= 11 is 0. The number of carbonyl (C=O) groups is 2. The predicted octanol–water partition coefficient (Wildman–Crippen LogP) is 5.59. The summed E-state index contributed by atoms with van der Waals surface area (Å²) in [5.41, 5.74) is 4.88. The molecule has 0 bridgehead atoms. The van der Waals surface area contributed by atoms with Gasteiger partial charge in [-0.1, -0.05) is 72.8 Å². The van der Waals surface area contributed by atoms with Crippen molar-refractivity contribution in [3.05, 3.63) is 102 Å².